The third kappa shape index (κ3) is 4.84. The molecule has 38 heavy (non-hydrogen) atoms. The number of urea groups is 1. The summed E-state index contributed by atoms with van der Waals surface area (Å²) in [6.45, 7) is 5.95. The van der Waals surface area contributed by atoms with Gasteiger partial charge in [0.05, 0.1) is 19.3 Å². The Labute approximate surface area is 223 Å². The van der Waals surface area contributed by atoms with E-state index < -0.39 is 0 Å². The lowest BCUT2D eigenvalue weighted by Gasteiger charge is -2.35. The number of aryl methyl sites for hydroxylation is 1. The van der Waals surface area contributed by atoms with Crippen LogP contribution < -0.4 is 10.1 Å². The smallest absolute Gasteiger partial charge is 0.317 e. The second-order valence-electron chi connectivity index (χ2n) is 10.4. The van der Waals surface area contributed by atoms with Crippen molar-refractivity contribution in [3.63, 3.8) is 0 Å². The highest BCUT2D eigenvalue weighted by Crippen LogP contribution is 2.30. The standard InChI is InChI=1S/C30H34N6O2/c1-20-16-21(11-13-31-20)29-26-19-36(15-12-27(26)33-34-29)30(37)32-23-6-5-14-35(18-23)17-22-9-10-28(38-2)25-8-4-3-7-24(22)25/h3-4,7-11,13,16,23H,5-6,12,14-15,17-19H2,1-2H3,(H,32,37)(H,33,34)/t23-/m1/s1. The molecule has 1 fully saturated rings. The highest BCUT2D eigenvalue weighted by molar-refractivity contribution is 5.91. The Hall–Kier alpha value is -3.91. The Morgan fingerprint density at radius 1 is 1.16 bits per heavy atom. The number of carbonyl (C=O) groups excluding carboxylic acids is 1. The first-order valence-electron chi connectivity index (χ1n) is 13.4. The van der Waals surface area contributed by atoms with E-state index in [0.29, 0.717) is 13.1 Å². The summed E-state index contributed by atoms with van der Waals surface area (Å²) in [6, 6.07) is 16.8. The van der Waals surface area contributed by atoms with Crippen LogP contribution in [-0.4, -0.2) is 63.8 Å². The van der Waals surface area contributed by atoms with Gasteiger partial charge in [-0.3, -0.25) is 15.0 Å². The lowest BCUT2D eigenvalue weighted by molar-refractivity contribution is 0.160. The summed E-state index contributed by atoms with van der Waals surface area (Å²) in [7, 11) is 1.72. The van der Waals surface area contributed by atoms with Crippen molar-refractivity contribution in [1.29, 1.82) is 0 Å². The third-order valence-electron chi connectivity index (χ3n) is 7.81. The van der Waals surface area contributed by atoms with Crippen molar-refractivity contribution in [2.45, 2.75) is 45.3 Å². The average Bonchev–Trinajstić information content (AvgIpc) is 3.37. The molecule has 0 bridgehead atoms. The molecule has 8 heteroatoms. The zero-order valence-corrected chi connectivity index (χ0v) is 22.0. The van der Waals surface area contributed by atoms with Crippen molar-refractivity contribution in [3.8, 4) is 17.0 Å². The lowest BCUT2D eigenvalue weighted by atomic mass is 10.0. The number of carbonyl (C=O) groups is 1. The van der Waals surface area contributed by atoms with Gasteiger partial charge in [-0.15, -0.1) is 0 Å². The van der Waals surface area contributed by atoms with Gasteiger partial charge in [0.15, 0.2) is 0 Å². The number of aromatic nitrogens is 3. The first-order chi connectivity index (χ1) is 18.6. The van der Waals surface area contributed by atoms with Crippen molar-refractivity contribution >= 4 is 16.8 Å². The monoisotopic (exact) mass is 510 g/mol. The summed E-state index contributed by atoms with van der Waals surface area (Å²) in [6.07, 6.45) is 4.65. The third-order valence-corrected chi connectivity index (χ3v) is 7.81. The van der Waals surface area contributed by atoms with Crippen LogP contribution in [0.4, 0.5) is 4.79 Å². The lowest BCUT2D eigenvalue weighted by Crippen LogP contribution is -2.52. The minimum atomic E-state index is 0.00968. The Bertz CT molecular complexity index is 1460. The summed E-state index contributed by atoms with van der Waals surface area (Å²) in [5.74, 6) is 0.901. The van der Waals surface area contributed by atoms with E-state index in [0.717, 1.165) is 78.2 Å². The van der Waals surface area contributed by atoms with Gasteiger partial charge in [-0.1, -0.05) is 30.3 Å². The fourth-order valence-electron chi connectivity index (χ4n) is 5.87. The highest BCUT2D eigenvalue weighted by Gasteiger charge is 2.28. The number of nitrogens with zero attached hydrogens (tertiary/aromatic N) is 4. The average molecular weight is 511 g/mol. The van der Waals surface area contributed by atoms with Crippen LogP contribution in [0.25, 0.3) is 22.0 Å². The van der Waals surface area contributed by atoms with Crippen LogP contribution in [0, 0.1) is 6.92 Å². The van der Waals surface area contributed by atoms with E-state index in [1.54, 1.807) is 7.11 Å². The molecule has 0 spiro atoms. The van der Waals surface area contributed by atoms with Gasteiger partial charge >= 0.3 is 6.03 Å². The number of aromatic amines is 1. The summed E-state index contributed by atoms with van der Waals surface area (Å²) >= 11 is 0. The maximum Gasteiger partial charge on any atom is 0.317 e. The molecule has 4 aromatic rings. The number of nitrogens with one attached hydrogen (secondary N) is 2. The van der Waals surface area contributed by atoms with Gasteiger partial charge in [0.2, 0.25) is 0 Å². The summed E-state index contributed by atoms with van der Waals surface area (Å²) in [5.41, 5.74) is 6.41. The second kappa shape index (κ2) is 10.5. The van der Waals surface area contributed by atoms with Crippen molar-refractivity contribution < 1.29 is 9.53 Å². The van der Waals surface area contributed by atoms with E-state index in [1.165, 1.54) is 10.9 Å². The maximum absolute atomic E-state index is 13.4. The fraction of sp³-hybridized carbons (Fsp3) is 0.367. The second-order valence-corrected chi connectivity index (χ2v) is 10.4. The highest BCUT2D eigenvalue weighted by atomic mass is 16.5. The first kappa shape index (κ1) is 24.4. The van der Waals surface area contributed by atoms with Crippen LogP contribution in [0.2, 0.25) is 0 Å². The molecule has 1 saturated heterocycles. The molecule has 6 rings (SSSR count). The molecule has 196 valence electrons. The molecule has 1 atom stereocenters. The molecule has 2 aliphatic rings. The van der Waals surface area contributed by atoms with Gasteiger partial charge in [0, 0.05) is 66.2 Å². The van der Waals surface area contributed by atoms with E-state index in [9.17, 15) is 4.79 Å². The zero-order chi connectivity index (χ0) is 26.1. The Kier molecular flexibility index (Phi) is 6.72. The largest absolute Gasteiger partial charge is 0.496 e. The Morgan fingerprint density at radius 2 is 2.03 bits per heavy atom. The molecular formula is C30H34N6O2. The fourth-order valence-corrected chi connectivity index (χ4v) is 5.87. The number of hydrogen-bond acceptors (Lipinski definition) is 5. The minimum Gasteiger partial charge on any atom is -0.496 e. The quantitative estimate of drug-likeness (QED) is 0.407. The van der Waals surface area contributed by atoms with Crippen LogP contribution in [0.1, 0.15) is 35.4 Å². The van der Waals surface area contributed by atoms with Gasteiger partial charge < -0.3 is 15.0 Å². The van der Waals surface area contributed by atoms with Crippen LogP contribution >= 0.6 is 0 Å². The van der Waals surface area contributed by atoms with Gasteiger partial charge in [0.1, 0.15) is 5.75 Å². The van der Waals surface area contributed by atoms with Crippen molar-refractivity contribution in [2.24, 2.45) is 0 Å². The number of H-pyrrole nitrogens is 1. The Balaban J connectivity index is 1.11. The van der Waals surface area contributed by atoms with E-state index in [-0.39, 0.29) is 12.1 Å². The molecule has 0 unspecified atom stereocenters. The number of pyridine rings is 1. The van der Waals surface area contributed by atoms with Crippen molar-refractivity contribution in [1.82, 2.24) is 30.3 Å². The summed E-state index contributed by atoms with van der Waals surface area (Å²) < 4.78 is 5.57. The summed E-state index contributed by atoms with van der Waals surface area (Å²) in [4.78, 5) is 22.0. The topological polar surface area (TPSA) is 86.4 Å². The molecular weight excluding hydrogens is 476 g/mol. The molecule has 2 amide bonds. The minimum absolute atomic E-state index is 0.00968. The molecule has 0 saturated carbocycles. The molecule has 2 aliphatic heterocycles. The maximum atomic E-state index is 13.4. The van der Waals surface area contributed by atoms with Gasteiger partial charge in [0.25, 0.3) is 0 Å². The van der Waals surface area contributed by atoms with E-state index in [2.05, 4.69) is 61.8 Å². The number of methoxy groups -OCH3 is 1. The number of benzene rings is 2. The van der Waals surface area contributed by atoms with Crippen LogP contribution in [0.15, 0.2) is 54.7 Å². The normalized spacial score (nSPS) is 17.8. The molecule has 2 aromatic heterocycles. The summed E-state index contributed by atoms with van der Waals surface area (Å²) in [5, 5.41) is 13.5. The predicted octanol–water partition coefficient (Wildman–Crippen LogP) is 4.67. The number of fused-ring (bicyclic) bond motifs is 2. The van der Waals surface area contributed by atoms with Crippen LogP contribution in [0.3, 0.4) is 0 Å². The number of hydrogen-bond donors (Lipinski definition) is 2. The molecule has 0 aliphatic carbocycles. The number of amides is 2. The molecule has 2 N–H and O–H groups in total. The van der Waals surface area contributed by atoms with Gasteiger partial charge in [-0.05, 0) is 55.5 Å². The molecule has 2 aromatic carbocycles. The van der Waals surface area contributed by atoms with Crippen LogP contribution in [0.5, 0.6) is 5.75 Å². The number of likely N-dealkylation sites (tertiary alicyclic amines) is 1. The van der Waals surface area contributed by atoms with E-state index in [4.69, 9.17) is 4.74 Å². The van der Waals surface area contributed by atoms with E-state index >= 15 is 0 Å². The van der Waals surface area contributed by atoms with Gasteiger partial charge in [-0.25, -0.2) is 4.79 Å². The number of ether oxygens (including phenoxy) is 1. The first-order valence-corrected chi connectivity index (χ1v) is 13.4. The molecule has 8 nitrogen and oxygen atoms in total. The van der Waals surface area contributed by atoms with Crippen molar-refractivity contribution in [2.75, 3.05) is 26.7 Å². The SMILES string of the molecule is COc1ccc(CN2CCC[C@@H](NC(=O)N3CCc4[nH]nc(-c5ccnc(C)c5)c4C3)C2)c2ccccc12. The Morgan fingerprint density at radius 3 is 2.87 bits per heavy atom. The zero-order valence-electron chi connectivity index (χ0n) is 22.0. The van der Waals surface area contributed by atoms with Gasteiger partial charge in [-0.2, -0.15) is 5.10 Å². The van der Waals surface area contributed by atoms with Crippen molar-refractivity contribution in [3.05, 3.63) is 77.2 Å². The number of rotatable bonds is 5. The number of piperidine rings is 1. The molecule has 4 heterocycles. The van der Waals surface area contributed by atoms with E-state index in [1.807, 2.05) is 30.2 Å². The molecule has 0 radical (unpaired) electrons. The van der Waals surface area contributed by atoms with Crippen LogP contribution in [-0.2, 0) is 19.5 Å². The predicted molar refractivity (Wildman–Crippen MR) is 148 cm³/mol.